The van der Waals surface area contributed by atoms with Crippen LogP contribution in [-0.2, 0) is 11.2 Å². The number of thioether (sulfide) groups is 2. The van der Waals surface area contributed by atoms with Gasteiger partial charge in [-0.05, 0) is 41.8 Å². The number of alkyl halides is 2. The fraction of sp³-hybridized carbons (Fsp3) is 0.190. The van der Waals surface area contributed by atoms with Crippen molar-refractivity contribution < 1.29 is 23.5 Å². The van der Waals surface area contributed by atoms with Crippen LogP contribution in [0.1, 0.15) is 15.9 Å². The second kappa shape index (κ2) is 9.90. The van der Waals surface area contributed by atoms with E-state index in [4.69, 9.17) is 0 Å². The normalized spacial score (nSPS) is 17.7. The second-order valence-corrected chi connectivity index (χ2v) is 8.53. The summed E-state index contributed by atoms with van der Waals surface area (Å²) in [5, 5.41) is 11.0. The van der Waals surface area contributed by atoms with Gasteiger partial charge < -0.3 is 9.90 Å². The number of hydrogen-bond acceptors (Lipinski definition) is 6. The molecule has 3 rings (SSSR count). The van der Waals surface area contributed by atoms with E-state index >= 15 is 0 Å². The zero-order chi connectivity index (χ0) is 21.7. The third kappa shape index (κ3) is 5.48. The van der Waals surface area contributed by atoms with Crippen molar-refractivity contribution in [2.45, 2.75) is 22.3 Å². The molecule has 2 aromatic rings. The fourth-order valence-corrected chi connectivity index (χ4v) is 4.53. The van der Waals surface area contributed by atoms with E-state index < -0.39 is 17.0 Å². The first-order valence-corrected chi connectivity index (χ1v) is 10.7. The van der Waals surface area contributed by atoms with E-state index in [0.29, 0.717) is 40.5 Å². The van der Waals surface area contributed by atoms with Crippen LogP contribution in [0.3, 0.4) is 0 Å². The van der Waals surface area contributed by atoms with E-state index in [2.05, 4.69) is 11.6 Å². The molecule has 0 aromatic heterocycles. The van der Waals surface area contributed by atoms with Crippen LogP contribution in [0.4, 0.5) is 14.5 Å². The summed E-state index contributed by atoms with van der Waals surface area (Å²) >= 11 is 1.78. The third-order valence-corrected chi connectivity index (χ3v) is 6.13. The standard InChI is InChI=1S/C21H18F2N2O3S2/c1-2-11-25-18(26)17(12-13-3-9-16(10-4-13)29-20(22)23)30-21(25)24-15-7-5-14(6-8-15)19(27)28/h2-10,17,20H,1,11-12H2,(H,27,28)/p-1/t17-/m1/s1. The summed E-state index contributed by atoms with van der Waals surface area (Å²) in [6.07, 6.45) is 2.03. The first-order valence-electron chi connectivity index (χ1n) is 8.90. The van der Waals surface area contributed by atoms with Gasteiger partial charge in [0, 0.05) is 11.4 Å². The number of benzene rings is 2. The maximum Gasteiger partial charge on any atom is 0.288 e. The smallest absolute Gasteiger partial charge is 0.288 e. The van der Waals surface area contributed by atoms with Gasteiger partial charge in [-0.3, -0.25) is 9.69 Å². The Morgan fingerprint density at radius 2 is 1.90 bits per heavy atom. The van der Waals surface area contributed by atoms with Crippen molar-refractivity contribution in [3.63, 3.8) is 0 Å². The highest BCUT2D eigenvalue weighted by Gasteiger charge is 2.37. The summed E-state index contributed by atoms with van der Waals surface area (Å²) in [7, 11) is 0. The molecule has 156 valence electrons. The average Bonchev–Trinajstić information content (AvgIpc) is 2.98. The molecule has 0 bridgehead atoms. The highest BCUT2D eigenvalue weighted by atomic mass is 32.2. The van der Waals surface area contributed by atoms with Crippen LogP contribution in [0.2, 0.25) is 0 Å². The Labute approximate surface area is 180 Å². The van der Waals surface area contributed by atoms with Crippen molar-refractivity contribution in [3.05, 3.63) is 72.3 Å². The number of amides is 1. The lowest BCUT2D eigenvalue weighted by Crippen LogP contribution is -2.32. The minimum atomic E-state index is -2.48. The topological polar surface area (TPSA) is 72.8 Å². The number of aliphatic imine (C=N–C) groups is 1. The number of aromatic carboxylic acids is 1. The third-order valence-electron chi connectivity index (χ3n) is 4.23. The summed E-state index contributed by atoms with van der Waals surface area (Å²) in [6.45, 7) is 3.97. The van der Waals surface area contributed by atoms with Crippen molar-refractivity contribution in [2.75, 3.05) is 6.54 Å². The molecule has 0 spiro atoms. The van der Waals surface area contributed by atoms with Crippen LogP contribution < -0.4 is 5.11 Å². The van der Waals surface area contributed by atoms with E-state index in [0.717, 1.165) is 5.56 Å². The number of carboxylic acids is 1. The van der Waals surface area contributed by atoms with Crippen LogP contribution >= 0.6 is 23.5 Å². The number of hydrogen-bond donors (Lipinski definition) is 0. The van der Waals surface area contributed by atoms with Crippen LogP contribution in [0.15, 0.2) is 71.1 Å². The molecule has 1 aliphatic heterocycles. The Hall–Kier alpha value is -2.65. The molecule has 9 heteroatoms. The van der Waals surface area contributed by atoms with E-state index in [-0.39, 0.29) is 11.5 Å². The maximum absolute atomic E-state index is 12.8. The number of carbonyl (C=O) groups is 2. The van der Waals surface area contributed by atoms with E-state index in [1.165, 1.54) is 28.8 Å². The minimum Gasteiger partial charge on any atom is -0.545 e. The first kappa shape index (κ1) is 22.0. The monoisotopic (exact) mass is 447 g/mol. The Morgan fingerprint density at radius 3 is 2.47 bits per heavy atom. The second-order valence-electron chi connectivity index (χ2n) is 6.30. The maximum atomic E-state index is 12.8. The van der Waals surface area contributed by atoms with E-state index in [1.54, 1.807) is 42.5 Å². The molecule has 5 nitrogen and oxygen atoms in total. The van der Waals surface area contributed by atoms with Gasteiger partial charge in [-0.25, -0.2) is 4.99 Å². The molecule has 30 heavy (non-hydrogen) atoms. The summed E-state index contributed by atoms with van der Waals surface area (Å²) in [4.78, 5) is 30.2. The van der Waals surface area contributed by atoms with Gasteiger partial charge in [-0.15, -0.1) is 6.58 Å². The molecule has 1 amide bonds. The molecule has 2 aromatic carbocycles. The summed E-state index contributed by atoms with van der Waals surface area (Å²) in [5.74, 6) is -3.86. The number of nitrogens with zero attached hydrogens (tertiary/aromatic N) is 2. The molecule has 0 aliphatic carbocycles. The number of halogens is 2. The van der Waals surface area contributed by atoms with Crippen LogP contribution in [-0.4, -0.2) is 39.5 Å². The molecule has 0 unspecified atom stereocenters. The number of carboxylic acid groups (broad SMARTS) is 1. The lowest BCUT2D eigenvalue weighted by molar-refractivity contribution is -0.255. The van der Waals surface area contributed by atoms with Gasteiger partial charge in [-0.2, -0.15) is 8.78 Å². The minimum absolute atomic E-state index is 0.0448. The van der Waals surface area contributed by atoms with Crippen LogP contribution in [0.5, 0.6) is 0 Å². The zero-order valence-electron chi connectivity index (χ0n) is 15.7. The van der Waals surface area contributed by atoms with Gasteiger partial charge in [0.15, 0.2) is 5.17 Å². The molecule has 1 aliphatic rings. The molecule has 0 N–H and O–H groups in total. The van der Waals surface area contributed by atoms with Crippen molar-refractivity contribution in [1.29, 1.82) is 0 Å². The van der Waals surface area contributed by atoms with Crippen LogP contribution in [0, 0.1) is 0 Å². The Bertz CT molecular complexity index is 963. The van der Waals surface area contributed by atoms with Gasteiger partial charge in [0.05, 0.1) is 16.9 Å². The first-order chi connectivity index (χ1) is 14.4. The summed E-state index contributed by atoms with van der Waals surface area (Å²) < 4.78 is 24.9. The lowest BCUT2D eigenvalue weighted by Gasteiger charge is -2.14. The van der Waals surface area contributed by atoms with Gasteiger partial charge in [-0.1, -0.05) is 53.9 Å². The van der Waals surface area contributed by atoms with Gasteiger partial charge >= 0.3 is 0 Å². The average molecular weight is 448 g/mol. The number of rotatable bonds is 8. The fourth-order valence-electron chi connectivity index (χ4n) is 2.83. The predicted molar refractivity (Wildman–Crippen MR) is 113 cm³/mol. The predicted octanol–water partition coefficient (Wildman–Crippen LogP) is 3.73. The summed E-state index contributed by atoms with van der Waals surface area (Å²) in [5.41, 5.74) is 1.42. The zero-order valence-corrected chi connectivity index (χ0v) is 17.3. The van der Waals surface area contributed by atoms with Gasteiger partial charge in [0.25, 0.3) is 5.76 Å². The van der Waals surface area contributed by atoms with Crippen LogP contribution in [0.25, 0.3) is 0 Å². The Kier molecular flexibility index (Phi) is 7.28. The molecular weight excluding hydrogens is 430 g/mol. The SMILES string of the molecule is C=CCN1C(=O)[C@@H](Cc2ccc(SC(F)F)cc2)SC1=Nc1ccc(C(=O)[O-])cc1. The highest BCUT2D eigenvalue weighted by molar-refractivity contribution is 8.15. The highest BCUT2D eigenvalue weighted by Crippen LogP contribution is 2.32. The van der Waals surface area contributed by atoms with Crippen molar-refractivity contribution in [3.8, 4) is 0 Å². The van der Waals surface area contributed by atoms with Crippen molar-refractivity contribution in [2.24, 2.45) is 4.99 Å². The van der Waals surface area contributed by atoms with E-state index in [9.17, 15) is 23.5 Å². The number of carbonyl (C=O) groups excluding carboxylic acids is 2. The van der Waals surface area contributed by atoms with E-state index in [1.807, 2.05) is 0 Å². The lowest BCUT2D eigenvalue weighted by atomic mass is 10.1. The molecule has 1 heterocycles. The van der Waals surface area contributed by atoms with Crippen molar-refractivity contribution in [1.82, 2.24) is 4.90 Å². The van der Waals surface area contributed by atoms with Gasteiger partial charge in [0.1, 0.15) is 0 Å². The summed E-state index contributed by atoms with van der Waals surface area (Å²) in [6, 6.07) is 12.6. The molecule has 1 atom stereocenters. The molecular formula is C21H17F2N2O3S2-. The molecule has 1 saturated heterocycles. The molecule has 0 saturated carbocycles. The van der Waals surface area contributed by atoms with Crippen molar-refractivity contribution >= 4 is 46.3 Å². The quantitative estimate of drug-likeness (QED) is 0.456. The molecule has 0 radical (unpaired) electrons. The molecule has 1 fully saturated rings. The largest absolute Gasteiger partial charge is 0.545 e. The Balaban J connectivity index is 1.76. The number of amidine groups is 1. The van der Waals surface area contributed by atoms with Gasteiger partial charge in [0.2, 0.25) is 5.91 Å². The Morgan fingerprint density at radius 1 is 1.23 bits per heavy atom.